The lowest BCUT2D eigenvalue weighted by molar-refractivity contribution is -0.387. The highest BCUT2D eigenvalue weighted by atomic mass is 32.2. The van der Waals surface area contributed by atoms with Crippen molar-refractivity contribution >= 4 is 21.6 Å². The first-order valence-electron chi connectivity index (χ1n) is 8.48. The van der Waals surface area contributed by atoms with Crippen LogP contribution in [0.3, 0.4) is 0 Å². The van der Waals surface area contributed by atoms with Gasteiger partial charge in [-0.1, -0.05) is 32.4 Å². The van der Waals surface area contributed by atoms with Crippen LogP contribution in [-0.4, -0.2) is 60.7 Å². The summed E-state index contributed by atoms with van der Waals surface area (Å²) in [5.41, 5.74) is 5.51. The molecule has 0 aliphatic carbocycles. The fraction of sp³-hybridized carbons (Fsp3) is 0.562. The van der Waals surface area contributed by atoms with Gasteiger partial charge in [-0.15, -0.1) is 0 Å². The van der Waals surface area contributed by atoms with E-state index in [2.05, 4.69) is 0 Å². The number of sulfonamides is 1. The van der Waals surface area contributed by atoms with Crippen LogP contribution >= 0.6 is 0 Å². The lowest BCUT2D eigenvalue weighted by atomic mass is 9.99. The fourth-order valence-electron chi connectivity index (χ4n) is 2.82. The number of nitro benzene ring substituents is 1. The first-order chi connectivity index (χ1) is 12.2. The minimum atomic E-state index is -4.01. The highest BCUT2D eigenvalue weighted by Crippen LogP contribution is 2.27. The van der Waals surface area contributed by atoms with Crippen molar-refractivity contribution in [3.63, 3.8) is 0 Å². The van der Waals surface area contributed by atoms with Crippen molar-refractivity contribution in [2.24, 2.45) is 11.7 Å². The van der Waals surface area contributed by atoms with Gasteiger partial charge in [0.2, 0.25) is 15.9 Å². The van der Waals surface area contributed by atoms with Gasteiger partial charge < -0.3 is 10.6 Å². The van der Waals surface area contributed by atoms with E-state index in [4.69, 9.17) is 5.73 Å². The van der Waals surface area contributed by atoms with Crippen molar-refractivity contribution in [3.05, 3.63) is 34.4 Å². The van der Waals surface area contributed by atoms with E-state index in [0.29, 0.717) is 0 Å². The predicted octanol–water partition coefficient (Wildman–Crippen LogP) is 0.801. The molecule has 2 rings (SSSR count). The molecule has 2 N–H and O–H groups in total. The molecule has 0 aromatic heterocycles. The molecule has 144 valence electrons. The third kappa shape index (κ3) is 4.02. The van der Waals surface area contributed by atoms with E-state index in [0.717, 1.165) is 12.5 Å². The number of piperazine rings is 1. The van der Waals surface area contributed by atoms with Gasteiger partial charge in [0.25, 0.3) is 5.69 Å². The smallest absolute Gasteiger partial charge is 0.289 e. The van der Waals surface area contributed by atoms with Crippen LogP contribution in [0.15, 0.2) is 29.2 Å². The highest BCUT2D eigenvalue weighted by molar-refractivity contribution is 7.89. The minimum Gasteiger partial charge on any atom is -0.339 e. The average molecular weight is 384 g/mol. The lowest BCUT2D eigenvalue weighted by Gasteiger charge is -2.35. The largest absolute Gasteiger partial charge is 0.339 e. The Morgan fingerprint density at radius 1 is 1.27 bits per heavy atom. The van der Waals surface area contributed by atoms with Gasteiger partial charge in [0, 0.05) is 32.2 Å². The summed E-state index contributed by atoms with van der Waals surface area (Å²) >= 11 is 0. The number of hydrogen-bond donors (Lipinski definition) is 1. The SMILES string of the molecule is CCC(C)C(N)C(=O)N1CCN(S(=O)(=O)c2ccccc2[N+](=O)[O-])CC1. The maximum atomic E-state index is 12.8. The molecule has 26 heavy (non-hydrogen) atoms. The number of nitrogens with zero attached hydrogens (tertiary/aromatic N) is 3. The summed E-state index contributed by atoms with van der Waals surface area (Å²) in [5, 5.41) is 11.1. The van der Waals surface area contributed by atoms with Crippen molar-refractivity contribution in [2.45, 2.75) is 31.2 Å². The standard InChI is InChI=1S/C16H24N4O5S/c1-3-12(2)15(17)16(21)18-8-10-19(11-9-18)26(24,25)14-7-5-4-6-13(14)20(22)23/h4-7,12,15H,3,8-11,17H2,1-2H3. The molecule has 0 radical (unpaired) electrons. The molecule has 1 aliphatic heterocycles. The number of benzene rings is 1. The first-order valence-corrected chi connectivity index (χ1v) is 9.92. The molecular weight excluding hydrogens is 360 g/mol. The molecule has 1 fully saturated rings. The van der Waals surface area contributed by atoms with E-state index in [-0.39, 0.29) is 42.9 Å². The van der Waals surface area contributed by atoms with Crippen LogP contribution in [0.5, 0.6) is 0 Å². The molecule has 1 aromatic carbocycles. The molecule has 10 heteroatoms. The summed E-state index contributed by atoms with van der Waals surface area (Å²) in [4.78, 5) is 24.0. The Kier molecular flexibility index (Phi) is 6.32. The Hall–Kier alpha value is -2.04. The van der Waals surface area contributed by atoms with E-state index in [1.807, 2.05) is 13.8 Å². The van der Waals surface area contributed by atoms with Gasteiger partial charge in [-0.25, -0.2) is 8.42 Å². The fourth-order valence-corrected chi connectivity index (χ4v) is 4.40. The number of carbonyl (C=O) groups excluding carboxylic acids is 1. The van der Waals surface area contributed by atoms with Crippen molar-refractivity contribution in [2.75, 3.05) is 26.2 Å². The van der Waals surface area contributed by atoms with E-state index >= 15 is 0 Å². The van der Waals surface area contributed by atoms with Crippen LogP contribution in [0.4, 0.5) is 5.69 Å². The summed E-state index contributed by atoms with van der Waals surface area (Å²) in [7, 11) is -4.01. The summed E-state index contributed by atoms with van der Waals surface area (Å²) in [6.45, 7) is 4.43. The molecule has 9 nitrogen and oxygen atoms in total. The second kappa shape index (κ2) is 8.11. The van der Waals surface area contributed by atoms with Gasteiger partial charge in [0.05, 0.1) is 11.0 Å². The zero-order valence-electron chi connectivity index (χ0n) is 14.9. The number of nitrogens with two attached hydrogens (primary N) is 1. The summed E-state index contributed by atoms with van der Waals surface area (Å²) in [6, 6.07) is 4.65. The highest BCUT2D eigenvalue weighted by Gasteiger charge is 2.35. The zero-order valence-corrected chi connectivity index (χ0v) is 15.7. The second-order valence-electron chi connectivity index (χ2n) is 6.37. The second-order valence-corrected chi connectivity index (χ2v) is 8.27. The van der Waals surface area contributed by atoms with E-state index in [9.17, 15) is 23.3 Å². The first kappa shape index (κ1) is 20.3. The maximum Gasteiger partial charge on any atom is 0.289 e. The average Bonchev–Trinajstić information content (AvgIpc) is 2.66. The number of nitro groups is 1. The Morgan fingerprint density at radius 3 is 2.38 bits per heavy atom. The van der Waals surface area contributed by atoms with Crippen molar-refractivity contribution < 1.29 is 18.1 Å². The number of rotatable bonds is 6. The Morgan fingerprint density at radius 2 is 1.85 bits per heavy atom. The monoisotopic (exact) mass is 384 g/mol. The molecule has 0 bridgehead atoms. The molecule has 2 unspecified atom stereocenters. The van der Waals surface area contributed by atoms with Gasteiger partial charge >= 0.3 is 0 Å². The van der Waals surface area contributed by atoms with Crippen LogP contribution < -0.4 is 5.73 Å². The van der Waals surface area contributed by atoms with E-state index in [1.54, 1.807) is 4.90 Å². The topological polar surface area (TPSA) is 127 Å². The summed E-state index contributed by atoms with van der Waals surface area (Å²) in [5.74, 6) is -0.154. The molecule has 1 aliphatic rings. The molecular formula is C16H24N4O5S. The summed E-state index contributed by atoms with van der Waals surface area (Å²) < 4.78 is 26.7. The molecule has 0 spiro atoms. The van der Waals surface area contributed by atoms with Crippen molar-refractivity contribution in [3.8, 4) is 0 Å². The van der Waals surface area contributed by atoms with Crippen LogP contribution in [0.25, 0.3) is 0 Å². The van der Waals surface area contributed by atoms with E-state index < -0.39 is 26.7 Å². The third-order valence-electron chi connectivity index (χ3n) is 4.77. The molecule has 1 heterocycles. The van der Waals surface area contributed by atoms with Crippen LogP contribution in [0.1, 0.15) is 20.3 Å². The number of para-hydroxylation sites is 1. The summed E-state index contributed by atoms with van der Waals surface area (Å²) in [6.07, 6.45) is 0.777. The Bertz CT molecular complexity index is 775. The predicted molar refractivity (Wildman–Crippen MR) is 95.9 cm³/mol. The van der Waals surface area contributed by atoms with Gasteiger partial charge in [0.1, 0.15) is 0 Å². The molecule has 2 atom stereocenters. The molecule has 1 amide bonds. The van der Waals surface area contributed by atoms with Gasteiger partial charge in [-0.2, -0.15) is 4.31 Å². The number of carbonyl (C=O) groups is 1. The van der Waals surface area contributed by atoms with Crippen LogP contribution in [0, 0.1) is 16.0 Å². The lowest BCUT2D eigenvalue weighted by Crippen LogP contribution is -2.55. The zero-order chi connectivity index (χ0) is 19.5. The van der Waals surface area contributed by atoms with E-state index in [1.165, 1.54) is 22.5 Å². The van der Waals surface area contributed by atoms with Gasteiger partial charge in [-0.3, -0.25) is 14.9 Å². The van der Waals surface area contributed by atoms with Gasteiger partial charge in [0.15, 0.2) is 4.90 Å². The molecule has 1 aromatic rings. The minimum absolute atomic E-state index is 0.0382. The van der Waals surface area contributed by atoms with Gasteiger partial charge in [-0.05, 0) is 12.0 Å². The quantitative estimate of drug-likeness (QED) is 0.571. The molecule has 0 saturated carbocycles. The number of amides is 1. The molecule has 1 saturated heterocycles. The Balaban J connectivity index is 2.12. The number of hydrogen-bond acceptors (Lipinski definition) is 6. The van der Waals surface area contributed by atoms with Crippen LogP contribution in [0.2, 0.25) is 0 Å². The normalized spacial score (nSPS) is 18.3. The van der Waals surface area contributed by atoms with Crippen molar-refractivity contribution in [1.29, 1.82) is 0 Å². The third-order valence-corrected chi connectivity index (χ3v) is 6.72. The van der Waals surface area contributed by atoms with Crippen LogP contribution in [-0.2, 0) is 14.8 Å². The maximum absolute atomic E-state index is 12.8. The van der Waals surface area contributed by atoms with Crippen molar-refractivity contribution in [1.82, 2.24) is 9.21 Å². The Labute approximate surface area is 153 Å².